The van der Waals surface area contributed by atoms with Crippen LogP contribution in [0, 0.1) is 13.8 Å². The zero-order chi connectivity index (χ0) is 10.8. The number of aromatic nitrogens is 3. The molecule has 0 N–H and O–H groups in total. The maximum atomic E-state index is 5.78. The minimum absolute atomic E-state index is 0.502. The quantitative estimate of drug-likeness (QED) is 0.730. The van der Waals surface area contributed by atoms with Crippen LogP contribution in [0.5, 0.6) is 0 Å². The number of imidazole rings is 1. The van der Waals surface area contributed by atoms with Crippen LogP contribution in [-0.2, 0) is 5.88 Å². The van der Waals surface area contributed by atoms with Crippen LogP contribution in [-0.4, -0.2) is 14.5 Å². The maximum absolute atomic E-state index is 5.78. The van der Waals surface area contributed by atoms with E-state index in [2.05, 4.69) is 9.97 Å². The van der Waals surface area contributed by atoms with Crippen LogP contribution in [0.2, 0.25) is 0 Å². The minimum Gasteiger partial charge on any atom is -0.287 e. The molecule has 2 rings (SSSR count). The van der Waals surface area contributed by atoms with Gasteiger partial charge in [-0.25, -0.2) is 9.97 Å². The molecule has 0 radical (unpaired) electrons. The first-order chi connectivity index (χ1) is 7.22. The van der Waals surface area contributed by atoms with Crippen molar-refractivity contribution in [2.24, 2.45) is 0 Å². The van der Waals surface area contributed by atoms with Crippen LogP contribution in [0.15, 0.2) is 24.7 Å². The highest BCUT2D eigenvalue weighted by atomic mass is 35.5. The average Bonchev–Trinajstić information content (AvgIpc) is 2.60. The van der Waals surface area contributed by atoms with Gasteiger partial charge in [0.15, 0.2) is 0 Å². The zero-order valence-corrected chi connectivity index (χ0v) is 9.49. The van der Waals surface area contributed by atoms with E-state index >= 15 is 0 Å². The Morgan fingerprint density at radius 1 is 1.33 bits per heavy atom. The second kappa shape index (κ2) is 4.03. The molecule has 0 aliphatic heterocycles. The number of nitrogens with zero attached hydrogens (tertiary/aromatic N) is 3. The fraction of sp³-hybridized carbons (Fsp3) is 0.273. The molecule has 78 valence electrons. The Morgan fingerprint density at radius 2 is 2.13 bits per heavy atom. The molecule has 0 aromatic carbocycles. The summed E-state index contributed by atoms with van der Waals surface area (Å²) in [5, 5.41) is 0. The van der Waals surface area contributed by atoms with Gasteiger partial charge >= 0.3 is 0 Å². The maximum Gasteiger partial charge on any atom is 0.138 e. The Bertz CT molecular complexity index is 476. The molecule has 0 aliphatic carbocycles. The van der Waals surface area contributed by atoms with Gasteiger partial charge in [0.2, 0.25) is 0 Å². The summed E-state index contributed by atoms with van der Waals surface area (Å²) in [6.07, 6.45) is 3.55. The smallest absolute Gasteiger partial charge is 0.138 e. The molecule has 0 atom stereocenters. The van der Waals surface area contributed by atoms with E-state index < -0.39 is 0 Å². The van der Waals surface area contributed by atoms with Crippen molar-refractivity contribution < 1.29 is 0 Å². The standard InChI is InChI=1S/C11H12ClN3/c1-8-9(2)15(7-14-8)11-5-10(6-12)3-4-13-11/h3-5,7H,6H2,1-2H3. The molecule has 2 aromatic heterocycles. The van der Waals surface area contributed by atoms with Gasteiger partial charge in [-0.1, -0.05) is 0 Å². The van der Waals surface area contributed by atoms with Crippen molar-refractivity contribution in [1.82, 2.24) is 14.5 Å². The number of halogens is 1. The van der Waals surface area contributed by atoms with E-state index in [1.165, 1.54) is 0 Å². The van der Waals surface area contributed by atoms with Gasteiger partial charge in [0.25, 0.3) is 0 Å². The molecule has 4 heteroatoms. The molecule has 2 heterocycles. The van der Waals surface area contributed by atoms with Gasteiger partial charge in [-0.05, 0) is 31.5 Å². The second-order valence-corrected chi connectivity index (χ2v) is 3.71. The summed E-state index contributed by atoms with van der Waals surface area (Å²) in [6.45, 7) is 4.01. The summed E-state index contributed by atoms with van der Waals surface area (Å²) in [5.74, 6) is 1.37. The Balaban J connectivity index is 2.49. The van der Waals surface area contributed by atoms with Crippen LogP contribution in [0.4, 0.5) is 0 Å². The summed E-state index contributed by atoms with van der Waals surface area (Å²) >= 11 is 5.78. The highest BCUT2D eigenvalue weighted by Gasteiger charge is 2.05. The van der Waals surface area contributed by atoms with Crippen molar-refractivity contribution in [2.75, 3.05) is 0 Å². The van der Waals surface area contributed by atoms with Crippen molar-refractivity contribution in [1.29, 1.82) is 0 Å². The van der Waals surface area contributed by atoms with Crippen LogP contribution in [0.3, 0.4) is 0 Å². The highest BCUT2D eigenvalue weighted by molar-refractivity contribution is 6.17. The molecule has 0 saturated carbocycles. The molecule has 3 nitrogen and oxygen atoms in total. The van der Waals surface area contributed by atoms with Crippen molar-refractivity contribution in [3.05, 3.63) is 41.6 Å². The van der Waals surface area contributed by atoms with Crippen LogP contribution in [0.25, 0.3) is 5.82 Å². The van der Waals surface area contributed by atoms with E-state index in [9.17, 15) is 0 Å². The second-order valence-electron chi connectivity index (χ2n) is 3.44. The minimum atomic E-state index is 0.502. The SMILES string of the molecule is Cc1ncn(-c2cc(CCl)ccn2)c1C. The third-order valence-electron chi connectivity index (χ3n) is 2.46. The summed E-state index contributed by atoms with van der Waals surface area (Å²) in [7, 11) is 0. The highest BCUT2D eigenvalue weighted by Crippen LogP contribution is 2.13. The molecule has 0 amide bonds. The predicted octanol–water partition coefficient (Wildman–Crippen LogP) is 2.62. The van der Waals surface area contributed by atoms with Gasteiger partial charge in [-0.3, -0.25) is 4.57 Å². The first-order valence-corrected chi connectivity index (χ1v) is 5.27. The summed E-state index contributed by atoms with van der Waals surface area (Å²) in [6, 6.07) is 3.89. The Labute approximate surface area is 93.7 Å². The van der Waals surface area contributed by atoms with E-state index in [-0.39, 0.29) is 0 Å². The van der Waals surface area contributed by atoms with Crippen molar-refractivity contribution in [2.45, 2.75) is 19.7 Å². The molecular formula is C11H12ClN3. The van der Waals surface area contributed by atoms with Gasteiger partial charge in [0.05, 0.1) is 5.69 Å². The number of hydrogen-bond donors (Lipinski definition) is 0. The number of rotatable bonds is 2. The van der Waals surface area contributed by atoms with Gasteiger partial charge in [-0.15, -0.1) is 11.6 Å². The van der Waals surface area contributed by atoms with Crippen molar-refractivity contribution in [3.8, 4) is 5.82 Å². The largest absolute Gasteiger partial charge is 0.287 e. The topological polar surface area (TPSA) is 30.7 Å². The van der Waals surface area contributed by atoms with Crippen LogP contribution in [0.1, 0.15) is 17.0 Å². The molecule has 15 heavy (non-hydrogen) atoms. The lowest BCUT2D eigenvalue weighted by molar-refractivity contribution is 0.946. The fourth-order valence-corrected chi connectivity index (χ4v) is 1.57. The lowest BCUT2D eigenvalue weighted by atomic mass is 10.3. The van der Waals surface area contributed by atoms with Crippen LogP contribution >= 0.6 is 11.6 Å². The molecule has 2 aromatic rings. The Morgan fingerprint density at radius 3 is 2.73 bits per heavy atom. The number of pyridine rings is 1. The third kappa shape index (κ3) is 1.88. The van der Waals surface area contributed by atoms with Gasteiger partial charge in [-0.2, -0.15) is 0 Å². The third-order valence-corrected chi connectivity index (χ3v) is 2.77. The molecule has 0 saturated heterocycles. The first kappa shape index (κ1) is 10.2. The Hall–Kier alpha value is -1.35. The molecule has 0 fully saturated rings. The van der Waals surface area contributed by atoms with Gasteiger partial charge in [0, 0.05) is 17.8 Å². The van der Waals surface area contributed by atoms with E-state index in [0.29, 0.717) is 5.88 Å². The van der Waals surface area contributed by atoms with Crippen LogP contribution < -0.4 is 0 Å². The lowest BCUT2D eigenvalue weighted by Gasteiger charge is -2.05. The lowest BCUT2D eigenvalue weighted by Crippen LogP contribution is -1.99. The van der Waals surface area contributed by atoms with Crippen molar-refractivity contribution in [3.63, 3.8) is 0 Å². The van der Waals surface area contributed by atoms with Gasteiger partial charge in [0.1, 0.15) is 12.1 Å². The summed E-state index contributed by atoms with van der Waals surface area (Å²) in [4.78, 5) is 8.53. The molecule has 0 unspecified atom stereocenters. The van der Waals surface area contributed by atoms with Crippen molar-refractivity contribution >= 4 is 11.6 Å². The number of hydrogen-bond acceptors (Lipinski definition) is 2. The van der Waals surface area contributed by atoms with Gasteiger partial charge < -0.3 is 0 Å². The summed E-state index contributed by atoms with van der Waals surface area (Å²) in [5.41, 5.74) is 3.19. The molecule has 0 bridgehead atoms. The molecule has 0 aliphatic rings. The van der Waals surface area contributed by atoms with E-state index in [4.69, 9.17) is 11.6 Å². The molecule has 0 spiro atoms. The number of alkyl halides is 1. The zero-order valence-electron chi connectivity index (χ0n) is 8.74. The summed E-state index contributed by atoms with van der Waals surface area (Å²) < 4.78 is 1.96. The molecular weight excluding hydrogens is 210 g/mol. The first-order valence-electron chi connectivity index (χ1n) is 4.74. The van der Waals surface area contributed by atoms with E-state index in [1.807, 2.05) is 30.5 Å². The monoisotopic (exact) mass is 221 g/mol. The predicted molar refractivity (Wildman–Crippen MR) is 60.4 cm³/mol. The average molecular weight is 222 g/mol. The normalized spacial score (nSPS) is 10.6. The fourth-order valence-electron chi connectivity index (χ4n) is 1.41. The van der Waals surface area contributed by atoms with E-state index in [1.54, 1.807) is 12.5 Å². The Kier molecular flexibility index (Phi) is 2.73. The number of aryl methyl sites for hydroxylation is 1. The van der Waals surface area contributed by atoms with E-state index in [0.717, 1.165) is 22.8 Å².